The Morgan fingerprint density at radius 1 is 1.47 bits per heavy atom. The van der Waals surface area contributed by atoms with Crippen LogP contribution in [0.3, 0.4) is 0 Å². The summed E-state index contributed by atoms with van der Waals surface area (Å²) in [7, 11) is 0. The Balaban J connectivity index is 1.67. The standard InChI is InChI=1S/C14H19ClN2OS/c15-12-5-1-2-6-13(12)19-9-7-14(18)17-11-4-3-8-16-10-11/h1-2,5-6,11,16H,3-4,7-10H2,(H,17,18). The highest BCUT2D eigenvalue weighted by Gasteiger charge is 2.14. The zero-order valence-corrected chi connectivity index (χ0v) is 12.4. The molecule has 1 aromatic carbocycles. The second-order valence-corrected chi connectivity index (χ2v) is 6.18. The van der Waals surface area contributed by atoms with Gasteiger partial charge in [-0.25, -0.2) is 0 Å². The van der Waals surface area contributed by atoms with Crippen LogP contribution in [-0.4, -0.2) is 30.8 Å². The molecule has 2 rings (SSSR count). The van der Waals surface area contributed by atoms with E-state index in [1.807, 2.05) is 24.3 Å². The van der Waals surface area contributed by atoms with Crippen molar-refractivity contribution < 1.29 is 4.79 Å². The molecule has 19 heavy (non-hydrogen) atoms. The zero-order chi connectivity index (χ0) is 13.5. The van der Waals surface area contributed by atoms with Crippen LogP contribution in [0.4, 0.5) is 0 Å². The molecule has 1 amide bonds. The molecule has 2 N–H and O–H groups in total. The Kier molecular flexibility index (Phi) is 6.01. The summed E-state index contributed by atoms with van der Waals surface area (Å²) in [5.74, 6) is 0.892. The van der Waals surface area contributed by atoms with E-state index >= 15 is 0 Å². The van der Waals surface area contributed by atoms with Gasteiger partial charge in [-0.1, -0.05) is 23.7 Å². The van der Waals surface area contributed by atoms with Crippen molar-refractivity contribution in [3.8, 4) is 0 Å². The molecule has 1 aliphatic heterocycles. The van der Waals surface area contributed by atoms with Gasteiger partial charge in [0.25, 0.3) is 0 Å². The van der Waals surface area contributed by atoms with Gasteiger partial charge in [0.05, 0.1) is 5.02 Å². The highest BCUT2D eigenvalue weighted by molar-refractivity contribution is 7.99. The molecule has 1 heterocycles. The summed E-state index contributed by atoms with van der Waals surface area (Å²) in [4.78, 5) is 12.8. The van der Waals surface area contributed by atoms with Crippen molar-refractivity contribution in [2.75, 3.05) is 18.8 Å². The van der Waals surface area contributed by atoms with Gasteiger partial charge in [-0.3, -0.25) is 4.79 Å². The number of halogens is 1. The summed E-state index contributed by atoms with van der Waals surface area (Å²) in [6.45, 7) is 1.96. The summed E-state index contributed by atoms with van der Waals surface area (Å²) in [5.41, 5.74) is 0. The van der Waals surface area contributed by atoms with Crippen molar-refractivity contribution in [1.29, 1.82) is 0 Å². The van der Waals surface area contributed by atoms with Crippen LogP contribution in [0.15, 0.2) is 29.2 Å². The van der Waals surface area contributed by atoms with E-state index in [9.17, 15) is 4.79 Å². The molecule has 0 aromatic heterocycles. The molecule has 0 saturated carbocycles. The van der Waals surface area contributed by atoms with E-state index in [0.717, 1.165) is 41.6 Å². The fourth-order valence-corrected chi connectivity index (χ4v) is 3.28. The van der Waals surface area contributed by atoms with E-state index in [4.69, 9.17) is 11.6 Å². The molecule has 104 valence electrons. The second kappa shape index (κ2) is 7.78. The van der Waals surface area contributed by atoms with Crippen molar-refractivity contribution in [1.82, 2.24) is 10.6 Å². The highest BCUT2D eigenvalue weighted by Crippen LogP contribution is 2.26. The van der Waals surface area contributed by atoms with Crippen molar-refractivity contribution >= 4 is 29.3 Å². The van der Waals surface area contributed by atoms with Gasteiger partial charge < -0.3 is 10.6 Å². The first-order valence-corrected chi connectivity index (χ1v) is 7.99. The number of nitrogens with one attached hydrogen (secondary N) is 2. The number of carbonyl (C=O) groups excluding carboxylic acids is 1. The lowest BCUT2D eigenvalue weighted by atomic mass is 10.1. The van der Waals surface area contributed by atoms with Crippen molar-refractivity contribution in [2.45, 2.75) is 30.2 Å². The first-order chi connectivity index (χ1) is 9.25. The number of carbonyl (C=O) groups is 1. The SMILES string of the molecule is O=C(CCSc1ccccc1Cl)NC1CCCNC1. The minimum Gasteiger partial charge on any atom is -0.352 e. The smallest absolute Gasteiger partial charge is 0.221 e. The molecule has 1 unspecified atom stereocenters. The molecule has 1 aromatic rings. The Bertz CT molecular complexity index is 422. The van der Waals surface area contributed by atoms with E-state index < -0.39 is 0 Å². The molecular formula is C14H19ClN2OS. The maximum atomic E-state index is 11.8. The van der Waals surface area contributed by atoms with Crippen LogP contribution in [0.2, 0.25) is 5.02 Å². The molecule has 1 atom stereocenters. The lowest BCUT2D eigenvalue weighted by Gasteiger charge is -2.23. The third kappa shape index (κ3) is 5.05. The van der Waals surface area contributed by atoms with Gasteiger partial charge in [-0.05, 0) is 31.5 Å². The number of hydrogen-bond acceptors (Lipinski definition) is 3. The average Bonchev–Trinajstić information content (AvgIpc) is 2.42. The number of amides is 1. The number of piperidine rings is 1. The normalized spacial score (nSPS) is 19.1. The molecule has 1 aliphatic rings. The Morgan fingerprint density at radius 2 is 2.32 bits per heavy atom. The monoisotopic (exact) mass is 298 g/mol. The largest absolute Gasteiger partial charge is 0.352 e. The molecule has 0 bridgehead atoms. The maximum absolute atomic E-state index is 11.8. The van der Waals surface area contributed by atoms with Crippen LogP contribution < -0.4 is 10.6 Å². The minimum absolute atomic E-state index is 0.133. The van der Waals surface area contributed by atoms with Gasteiger partial charge in [0.1, 0.15) is 0 Å². The van der Waals surface area contributed by atoms with Crippen LogP contribution in [0, 0.1) is 0 Å². The zero-order valence-electron chi connectivity index (χ0n) is 10.8. The van der Waals surface area contributed by atoms with E-state index in [1.54, 1.807) is 11.8 Å². The van der Waals surface area contributed by atoms with Gasteiger partial charge in [0.15, 0.2) is 0 Å². The fourth-order valence-electron chi connectivity index (χ4n) is 2.09. The number of hydrogen-bond donors (Lipinski definition) is 2. The first-order valence-electron chi connectivity index (χ1n) is 6.63. The van der Waals surface area contributed by atoms with Crippen LogP contribution in [0.25, 0.3) is 0 Å². The third-order valence-corrected chi connectivity index (χ3v) is 4.60. The van der Waals surface area contributed by atoms with Gasteiger partial charge >= 0.3 is 0 Å². The topological polar surface area (TPSA) is 41.1 Å². The van der Waals surface area contributed by atoms with E-state index in [2.05, 4.69) is 10.6 Å². The highest BCUT2D eigenvalue weighted by atomic mass is 35.5. The van der Waals surface area contributed by atoms with E-state index in [1.165, 1.54) is 0 Å². The van der Waals surface area contributed by atoms with Gasteiger partial charge in [0, 0.05) is 29.7 Å². The summed E-state index contributed by atoms with van der Waals surface area (Å²) >= 11 is 7.69. The van der Waals surface area contributed by atoms with Crippen LogP contribution >= 0.6 is 23.4 Å². The maximum Gasteiger partial charge on any atom is 0.221 e. The molecule has 5 heteroatoms. The molecule has 0 aliphatic carbocycles. The second-order valence-electron chi connectivity index (χ2n) is 4.64. The molecule has 0 spiro atoms. The average molecular weight is 299 g/mol. The minimum atomic E-state index is 0.133. The Labute approximate surface area is 123 Å². The molecule has 1 saturated heterocycles. The number of benzene rings is 1. The van der Waals surface area contributed by atoms with Crippen molar-refractivity contribution in [3.63, 3.8) is 0 Å². The lowest BCUT2D eigenvalue weighted by molar-refractivity contribution is -0.121. The summed E-state index contributed by atoms with van der Waals surface area (Å²) in [6.07, 6.45) is 2.75. The predicted molar refractivity (Wildman–Crippen MR) is 80.8 cm³/mol. The molecule has 0 radical (unpaired) electrons. The summed E-state index contributed by atoms with van der Waals surface area (Å²) in [5, 5.41) is 7.12. The van der Waals surface area contributed by atoms with E-state index in [0.29, 0.717) is 12.5 Å². The number of thioether (sulfide) groups is 1. The Morgan fingerprint density at radius 3 is 3.05 bits per heavy atom. The number of rotatable bonds is 5. The summed E-state index contributed by atoms with van der Waals surface area (Å²) in [6, 6.07) is 8.02. The van der Waals surface area contributed by atoms with E-state index in [-0.39, 0.29) is 5.91 Å². The van der Waals surface area contributed by atoms with Gasteiger partial charge in [0.2, 0.25) is 5.91 Å². The lowest BCUT2D eigenvalue weighted by Crippen LogP contribution is -2.45. The van der Waals surface area contributed by atoms with Crippen molar-refractivity contribution in [3.05, 3.63) is 29.3 Å². The predicted octanol–water partition coefficient (Wildman–Crippen LogP) is 2.69. The van der Waals surface area contributed by atoms with Crippen LogP contribution in [0.1, 0.15) is 19.3 Å². The first kappa shape index (κ1) is 14.7. The van der Waals surface area contributed by atoms with Gasteiger partial charge in [-0.15, -0.1) is 11.8 Å². The Hall–Kier alpha value is -0.710. The molecule has 3 nitrogen and oxygen atoms in total. The van der Waals surface area contributed by atoms with Crippen molar-refractivity contribution in [2.24, 2.45) is 0 Å². The van der Waals surface area contributed by atoms with Gasteiger partial charge in [-0.2, -0.15) is 0 Å². The molecule has 1 fully saturated rings. The quantitative estimate of drug-likeness (QED) is 0.821. The van der Waals surface area contributed by atoms with Crippen LogP contribution in [-0.2, 0) is 4.79 Å². The third-order valence-electron chi connectivity index (χ3n) is 3.09. The summed E-state index contributed by atoms with van der Waals surface area (Å²) < 4.78 is 0. The van der Waals surface area contributed by atoms with Crippen LogP contribution in [0.5, 0.6) is 0 Å². The fraction of sp³-hybridized carbons (Fsp3) is 0.500. The molecular weight excluding hydrogens is 280 g/mol.